The van der Waals surface area contributed by atoms with Crippen LogP contribution in [-0.4, -0.2) is 40.9 Å². The molecular weight excluding hydrogens is 310 g/mol. The number of carbonyl (C=O) groups is 1. The average molecular weight is 331 g/mol. The molecule has 0 unspecified atom stereocenters. The van der Waals surface area contributed by atoms with Gasteiger partial charge in [0.2, 0.25) is 5.91 Å². The zero-order valence-electron chi connectivity index (χ0n) is 13.4. The van der Waals surface area contributed by atoms with E-state index in [0.29, 0.717) is 6.54 Å². The minimum Gasteiger partial charge on any atom is -0.333 e. The maximum Gasteiger partial charge on any atom is 0.237 e. The molecule has 0 spiro atoms. The first kappa shape index (κ1) is 15.9. The van der Waals surface area contributed by atoms with Crippen LogP contribution < -0.4 is 10.6 Å². The average Bonchev–Trinajstić information content (AvgIpc) is 3.17. The first-order valence-electron chi connectivity index (χ1n) is 7.77. The minimum absolute atomic E-state index is 0.0654. The molecular formula is C16H21N5OS. The zero-order chi connectivity index (χ0) is 16.2. The van der Waals surface area contributed by atoms with Gasteiger partial charge in [-0.2, -0.15) is 0 Å². The van der Waals surface area contributed by atoms with E-state index >= 15 is 0 Å². The number of pyridine rings is 1. The summed E-state index contributed by atoms with van der Waals surface area (Å²) >= 11 is 1.56. The summed E-state index contributed by atoms with van der Waals surface area (Å²) in [7, 11) is 1.79. The second-order valence-corrected chi connectivity index (χ2v) is 6.50. The van der Waals surface area contributed by atoms with Crippen LogP contribution >= 0.6 is 11.3 Å². The van der Waals surface area contributed by atoms with Crippen LogP contribution in [0.1, 0.15) is 30.3 Å². The molecule has 6 nitrogen and oxygen atoms in total. The largest absolute Gasteiger partial charge is 0.333 e. The van der Waals surface area contributed by atoms with Crippen molar-refractivity contribution < 1.29 is 4.79 Å². The summed E-state index contributed by atoms with van der Waals surface area (Å²) in [5, 5.41) is 9.01. The predicted molar refractivity (Wildman–Crippen MR) is 92.0 cm³/mol. The Morgan fingerprint density at radius 3 is 3.04 bits per heavy atom. The fourth-order valence-corrected chi connectivity index (χ4v) is 3.55. The first-order valence-corrected chi connectivity index (χ1v) is 8.65. The van der Waals surface area contributed by atoms with Gasteiger partial charge in [-0.05, 0) is 38.9 Å². The minimum atomic E-state index is 0.0654. The standard InChI is InChI=1S/C16H21N5OS/c1-11-10-23-16(18-11)20-14-7-3-5-12(19-14)13-6-4-8-21(13)15(22)9-17-2/h3,5,7,10,13,17H,4,6,8-9H2,1-2H3,(H,18,19,20)/t13-/m1/s1. The van der Waals surface area contributed by atoms with Crippen molar-refractivity contribution >= 4 is 28.2 Å². The Bertz CT molecular complexity index is 687. The number of hydrogen-bond acceptors (Lipinski definition) is 6. The Morgan fingerprint density at radius 1 is 1.43 bits per heavy atom. The highest BCUT2D eigenvalue weighted by Crippen LogP contribution is 2.31. The van der Waals surface area contributed by atoms with Crippen LogP contribution in [0.3, 0.4) is 0 Å². The number of anilines is 2. The molecule has 3 heterocycles. The number of nitrogens with one attached hydrogen (secondary N) is 2. The lowest BCUT2D eigenvalue weighted by Gasteiger charge is -2.24. The summed E-state index contributed by atoms with van der Waals surface area (Å²) in [6.07, 6.45) is 1.98. The second kappa shape index (κ2) is 7.06. The lowest BCUT2D eigenvalue weighted by atomic mass is 10.1. The lowest BCUT2D eigenvalue weighted by molar-refractivity contribution is -0.131. The molecule has 23 heavy (non-hydrogen) atoms. The number of likely N-dealkylation sites (N-methyl/N-ethyl adjacent to an activating group) is 1. The number of thiazole rings is 1. The molecule has 0 aromatic carbocycles. The van der Waals surface area contributed by atoms with Crippen LogP contribution in [0.2, 0.25) is 0 Å². The third kappa shape index (κ3) is 3.68. The van der Waals surface area contributed by atoms with Gasteiger partial charge in [0, 0.05) is 11.9 Å². The molecule has 0 bridgehead atoms. The highest BCUT2D eigenvalue weighted by Gasteiger charge is 2.30. The molecule has 1 fully saturated rings. The summed E-state index contributed by atoms with van der Waals surface area (Å²) in [4.78, 5) is 23.2. The van der Waals surface area contributed by atoms with E-state index in [1.807, 2.05) is 35.4 Å². The van der Waals surface area contributed by atoms with Crippen molar-refractivity contribution in [1.82, 2.24) is 20.2 Å². The number of likely N-dealkylation sites (tertiary alicyclic amines) is 1. The molecule has 1 saturated heterocycles. The summed E-state index contributed by atoms with van der Waals surface area (Å²) in [6, 6.07) is 5.96. The molecule has 1 aliphatic rings. The monoisotopic (exact) mass is 331 g/mol. The van der Waals surface area contributed by atoms with Crippen molar-refractivity contribution in [3.8, 4) is 0 Å². The Kier molecular flexibility index (Phi) is 4.88. The first-order chi connectivity index (χ1) is 11.2. The van der Waals surface area contributed by atoms with Gasteiger partial charge in [0.1, 0.15) is 5.82 Å². The molecule has 2 aromatic heterocycles. The molecule has 7 heteroatoms. The van der Waals surface area contributed by atoms with Gasteiger partial charge in [0.15, 0.2) is 5.13 Å². The SMILES string of the molecule is CNCC(=O)N1CCC[C@@H]1c1cccc(Nc2nc(C)cs2)n1. The molecule has 122 valence electrons. The number of aromatic nitrogens is 2. The lowest BCUT2D eigenvalue weighted by Crippen LogP contribution is -2.36. The molecule has 0 aliphatic carbocycles. The smallest absolute Gasteiger partial charge is 0.237 e. The number of hydrogen-bond donors (Lipinski definition) is 2. The molecule has 0 saturated carbocycles. The summed E-state index contributed by atoms with van der Waals surface area (Å²) in [5.41, 5.74) is 1.93. The van der Waals surface area contributed by atoms with Crippen molar-refractivity contribution in [2.24, 2.45) is 0 Å². The number of aryl methyl sites for hydroxylation is 1. The maximum atomic E-state index is 12.2. The Hall–Kier alpha value is -1.99. The molecule has 0 radical (unpaired) electrons. The van der Waals surface area contributed by atoms with Gasteiger partial charge in [-0.25, -0.2) is 9.97 Å². The van der Waals surface area contributed by atoms with Crippen LogP contribution in [0.15, 0.2) is 23.6 Å². The van der Waals surface area contributed by atoms with Crippen molar-refractivity contribution in [1.29, 1.82) is 0 Å². The Balaban J connectivity index is 1.77. The second-order valence-electron chi connectivity index (χ2n) is 5.64. The zero-order valence-corrected chi connectivity index (χ0v) is 14.2. The third-order valence-corrected chi connectivity index (χ3v) is 4.74. The number of amides is 1. The van der Waals surface area contributed by atoms with E-state index in [1.165, 1.54) is 0 Å². The van der Waals surface area contributed by atoms with E-state index in [0.717, 1.165) is 41.7 Å². The third-order valence-electron chi connectivity index (χ3n) is 3.87. The number of rotatable bonds is 5. The fourth-order valence-electron chi connectivity index (χ4n) is 2.85. The normalized spacial score (nSPS) is 17.5. The molecule has 1 atom stereocenters. The van der Waals surface area contributed by atoms with Gasteiger partial charge in [0.25, 0.3) is 0 Å². The number of carbonyl (C=O) groups excluding carboxylic acids is 1. The molecule has 2 aromatic rings. The van der Waals surface area contributed by atoms with Crippen molar-refractivity contribution in [2.75, 3.05) is 25.5 Å². The quantitative estimate of drug-likeness (QED) is 0.881. The van der Waals surface area contributed by atoms with E-state index < -0.39 is 0 Å². The van der Waals surface area contributed by atoms with E-state index in [1.54, 1.807) is 18.4 Å². The Labute approximate surface area is 140 Å². The van der Waals surface area contributed by atoms with Gasteiger partial charge >= 0.3 is 0 Å². The Morgan fingerprint density at radius 2 is 2.30 bits per heavy atom. The van der Waals surface area contributed by atoms with Crippen molar-refractivity contribution in [2.45, 2.75) is 25.8 Å². The molecule has 3 rings (SSSR count). The van der Waals surface area contributed by atoms with Crippen molar-refractivity contribution in [3.63, 3.8) is 0 Å². The summed E-state index contributed by atoms with van der Waals surface area (Å²) in [6.45, 7) is 3.14. The maximum absolute atomic E-state index is 12.2. The number of nitrogens with zero attached hydrogens (tertiary/aromatic N) is 3. The van der Waals surface area contributed by atoms with Crippen LogP contribution in [0, 0.1) is 6.92 Å². The van der Waals surface area contributed by atoms with E-state index in [2.05, 4.69) is 15.6 Å². The van der Waals surface area contributed by atoms with E-state index in [4.69, 9.17) is 4.98 Å². The van der Waals surface area contributed by atoms with E-state index in [9.17, 15) is 4.79 Å². The molecule has 2 N–H and O–H groups in total. The molecule has 1 aliphatic heterocycles. The summed E-state index contributed by atoms with van der Waals surface area (Å²) in [5.74, 6) is 0.899. The van der Waals surface area contributed by atoms with E-state index in [-0.39, 0.29) is 11.9 Å². The van der Waals surface area contributed by atoms with Crippen LogP contribution in [-0.2, 0) is 4.79 Å². The van der Waals surface area contributed by atoms with Gasteiger partial charge in [-0.3, -0.25) is 4.79 Å². The van der Waals surface area contributed by atoms with Crippen LogP contribution in [0.5, 0.6) is 0 Å². The highest BCUT2D eigenvalue weighted by molar-refractivity contribution is 7.13. The topological polar surface area (TPSA) is 70.2 Å². The van der Waals surface area contributed by atoms with Gasteiger partial charge < -0.3 is 15.5 Å². The van der Waals surface area contributed by atoms with Gasteiger partial charge in [-0.15, -0.1) is 11.3 Å². The summed E-state index contributed by atoms with van der Waals surface area (Å²) < 4.78 is 0. The predicted octanol–water partition coefficient (Wildman–Crippen LogP) is 2.47. The van der Waals surface area contributed by atoms with Gasteiger partial charge in [-0.1, -0.05) is 6.07 Å². The highest BCUT2D eigenvalue weighted by atomic mass is 32.1. The van der Waals surface area contributed by atoms with Crippen LogP contribution in [0.25, 0.3) is 0 Å². The van der Waals surface area contributed by atoms with Crippen LogP contribution in [0.4, 0.5) is 10.9 Å². The molecule has 1 amide bonds. The van der Waals surface area contributed by atoms with Gasteiger partial charge in [0.05, 0.1) is 24.0 Å². The van der Waals surface area contributed by atoms with Crippen molar-refractivity contribution in [3.05, 3.63) is 35.0 Å². The fraction of sp³-hybridized carbons (Fsp3) is 0.438.